The zero-order valence-electron chi connectivity index (χ0n) is 10.5. The molecule has 2 rings (SSSR count). The van der Waals surface area contributed by atoms with Crippen molar-refractivity contribution in [1.82, 2.24) is 0 Å². The highest BCUT2D eigenvalue weighted by Gasteiger charge is 2.07. The summed E-state index contributed by atoms with van der Waals surface area (Å²) in [7, 11) is 0. The van der Waals surface area contributed by atoms with Gasteiger partial charge < -0.3 is 10.1 Å². The van der Waals surface area contributed by atoms with Gasteiger partial charge in [-0.05, 0) is 36.8 Å². The number of hydrogen-bond donors (Lipinski definition) is 1. The Hall–Kier alpha value is -2.36. The third kappa shape index (κ3) is 3.81. The van der Waals surface area contributed by atoms with Crippen LogP contribution in [-0.2, 0) is 4.79 Å². The van der Waals surface area contributed by atoms with Crippen LogP contribution in [0.3, 0.4) is 0 Å². The summed E-state index contributed by atoms with van der Waals surface area (Å²) in [4.78, 5) is 11.6. The molecule has 0 saturated carbocycles. The second-order valence-corrected chi connectivity index (χ2v) is 4.14. The number of carbonyl (C=O) groups excluding carboxylic acids is 1. The van der Waals surface area contributed by atoms with Crippen molar-refractivity contribution in [3.05, 3.63) is 59.9 Å². The lowest BCUT2D eigenvalue weighted by Crippen LogP contribution is -2.20. The maximum atomic E-state index is 13.4. The summed E-state index contributed by atoms with van der Waals surface area (Å²) in [6.45, 7) is 1.60. The number of anilines is 1. The molecule has 0 atom stereocenters. The Kier molecular flexibility index (Phi) is 4.13. The molecule has 0 spiro atoms. The van der Waals surface area contributed by atoms with Crippen molar-refractivity contribution in [2.24, 2.45) is 0 Å². The third-order valence-electron chi connectivity index (χ3n) is 2.50. The molecule has 1 amide bonds. The van der Waals surface area contributed by atoms with Gasteiger partial charge in [0.25, 0.3) is 5.91 Å². The normalized spacial score (nSPS) is 10.0. The maximum absolute atomic E-state index is 13.4. The van der Waals surface area contributed by atoms with E-state index in [1.807, 2.05) is 25.1 Å². The van der Waals surface area contributed by atoms with E-state index < -0.39 is 5.82 Å². The van der Waals surface area contributed by atoms with Crippen molar-refractivity contribution < 1.29 is 13.9 Å². The number of para-hydroxylation sites is 1. The lowest BCUT2D eigenvalue weighted by molar-refractivity contribution is -0.118. The number of rotatable bonds is 4. The smallest absolute Gasteiger partial charge is 0.262 e. The van der Waals surface area contributed by atoms with Gasteiger partial charge in [-0.25, -0.2) is 4.39 Å². The zero-order valence-corrected chi connectivity index (χ0v) is 10.5. The van der Waals surface area contributed by atoms with Crippen LogP contribution in [0.25, 0.3) is 0 Å². The molecule has 0 unspecified atom stereocenters. The first kappa shape index (κ1) is 13.1. The number of amides is 1. The Morgan fingerprint density at radius 3 is 2.68 bits per heavy atom. The van der Waals surface area contributed by atoms with Gasteiger partial charge in [0.05, 0.1) is 0 Å². The van der Waals surface area contributed by atoms with Crippen LogP contribution in [0.15, 0.2) is 48.5 Å². The van der Waals surface area contributed by atoms with Crippen LogP contribution in [0.1, 0.15) is 5.56 Å². The number of nitrogens with one attached hydrogen (secondary N) is 1. The summed E-state index contributed by atoms with van der Waals surface area (Å²) < 4.78 is 18.6. The molecule has 98 valence electrons. The Labute approximate surface area is 111 Å². The highest BCUT2D eigenvalue weighted by atomic mass is 19.1. The predicted octanol–water partition coefficient (Wildman–Crippen LogP) is 3.15. The zero-order chi connectivity index (χ0) is 13.7. The van der Waals surface area contributed by atoms with Gasteiger partial charge in [-0.15, -0.1) is 0 Å². The first-order valence-electron chi connectivity index (χ1n) is 5.89. The molecule has 0 heterocycles. The lowest BCUT2D eigenvalue weighted by Gasteiger charge is -2.08. The van der Waals surface area contributed by atoms with E-state index in [0.717, 1.165) is 5.56 Å². The van der Waals surface area contributed by atoms with Crippen LogP contribution in [0.4, 0.5) is 10.1 Å². The van der Waals surface area contributed by atoms with Gasteiger partial charge >= 0.3 is 0 Å². The minimum absolute atomic E-state index is 0.0863. The number of aryl methyl sites for hydroxylation is 1. The number of halogens is 1. The van der Waals surface area contributed by atoms with Gasteiger partial charge in [0.1, 0.15) is 0 Å². The average molecular weight is 259 g/mol. The fourth-order valence-corrected chi connectivity index (χ4v) is 1.58. The van der Waals surface area contributed by atoms with E-state index in [-0.39, 0.29) is 18.3 Å². The Balaban J connectivity index is 1.92. The van der Waals surface area contributed by atoms with E-state index in [0.29, 0.717) is 5.69 Å². The monoisotopic (exact) mass is 259 g/mol. The van der Waals surface area contributed by atoms with E-state index in [4.69, 9.17) is 4.74 Å². The molecule has 0 aliphatic rings. The average Bonchev–Trinajstić information content (AvgIpc) is 2.41. The first-order valence-corrected chi connectivity index (χ1v) is 5.89. The summed E-state index contributed by atoms with van der Waals surface area (Å²) in [5, 5.41) is 2.66. The van der Waals surface area contributed by atoms with Crippen molar-refractivity contribution in [2.45, 2.75) is 6.92 Å². The molecule has 2 aromatic carbocycles. The molecule has 0 fully saturated rings. The standard InChI is InChI=1S/C15H14FNO2/c1-11-7-8-13(16)14(9-11)19-10-15(18)17-12-5-3-2-4-6-12/h2-9H,10H2,1H3,(H,17,18). The number of hydrogen-bond acceptors (Lipinski definition) is 2. The summed E-state index contributed by atoms with van der Waals surface area (Å²) in [6, 6.07) is 13.6. The van der Waals surface area contributed by atoms with Gasteiger partial charge in [0.15, 0.2) is 18.2 Å². The van der Waals surface area contributed by atoms with Gasteiger partial charge in [0, 0.05) is 5.69 Å². The Bertz CT molecular complexity index is 570. The van der Waals surface area contributed by atoms with Gasteiger partial charge in [-0.3, -0.25) is 4.79 Å². The molecule has 0 radical (unpaired) electrons. The quantitative estimate of drug-likeness (QED) is 0.916. The molecule has 0 saturated heterocycles. The van der Waals surface area contributed by atoms with Crippen LogP contribution < -0.4 is 10.1 Å². The number of benzene rings is 2. The molecule has 1 N–H and O–H groups in total. The Morgan fingerprint density at radius 1 is 1.21 bits per heavy atom. The molecular formula is C15H14FNO2. The highest BCUT2D eigenvalue weighted by molar-refractivity contribution is 5.91. The molecule has 4 heteroatoms. The number of carbonyl (C=O) groups is 1. The Morgan fingerprint density at radius 2 is 1.95 bits per heavy atom. The van der Waals surface area contributed by atoms with E-state index in [9.17, 15) is 9.18 Å². The second-order valence-electron chi connectivity index (χ2n) is 4.14. The third-order valence-corrected chi connectivity index (χ3v) is 2.50. The molecule has 2 aromatic rings. The van der Waals surface area contributed by atoms with Crippen LogP contribution in [0, 0.1) is 12.7 Å². The van der Waals surface area contributed by atoms with E-state index in [2.05, 4.69) is 5.32 Å². The minimum atomic E-state index is -0.474. The van der Waals surface area contributed by atoms with E-state index in [1.165, 1.54) is 6.07 Å². The lowest BCUT2D eigenvalue weighted by atomic mass is 10.2. The van der Waals surface area contributed by atoms with Gasteiger partial charge in [-0.2, -0.15) is 0 Å². The maximum Gasteiger partial charge on any atom is 0.262 e. The number of ether oxygens (including phenoxy) is 1. The van der Waals surface area contributed by atoms with Gasteiger partial charge in [-0.1, -0.05) is 24.3 Å². The molecule has 0 bridgehead atoms. The minimum Gasteiger partial charge on any atom is -0.481 e. The van der Waals surface area contributed by atoms with Crippen molar-refractivity contribution >= 4 is 11.6 Å². The first-order chi connectivity index (χ1) is 9.15. The highest BCUT2D eigenvalue weighted by Crippen LogP contribution is 2.18. The molecular weight excluding hydrogens is 245 g/mol. The van der Waals surface area contributed by atoms with Crippen molar-refractivity contribution in [3.63, 3.8) is 0 Å². The fourth-order valence-electron chi connectivity index (χ4n) is 1.58. The molecule has 3 nitrogen and oxygen atoms in total. The summed E-state index contributed by atoms with van der Waals surface area (Å²) in [5.74, 6) is -0.714. The summed E-state index contributed by atoms with van der Waals surface area (Å²) in [5.41, 5.74) is 1.56. The topological polar surface area (TPSA) is 38.3 Å². The molecule has 19 heavy (non-hydrogen) atoms. The molecule has 0 aliphatic heterocycles. The van der Waals surface area contributed by atoms with Crippen LogP contribution in [0.2, 0.25) is 0 Å². The summed E-state index contributed by atoms with van der Waals surface area (Å²) in [6.07, 6.45) is 0. The van der Waals surface area contributed by atoms with Crippen molar-refractivity contribution in [1.29, 1.82) is 0 Å². The SMILES string of the molecule is Cc1ccc(F)c(OCC(=O)Nc2ccccc2)c1. The van der Waals surface area contributed by atoms with Gasteiger partial charge in [0.2, 0.25) is 0 Å². The fraction of sp³-hybridized carbons (Fsp3) is 0.133. The molecule has 0 aromatic heterocycles. The van der Waals surface area contributed by atoms with E-state index >= 15 is 0 Å². The van der Waals surface area contributed by atoms with Crippen molar-refractivity contribution in [3.8, 4) is 5.75 Å². The largest absolute Gasteiger partial charge is 0.481 e. The van der Waals surface area contributed by atoms with Crippen molar-refractivity contribution in [2.75, 3.05) is 11.9 Å². The summed E-state index contributed by atoms with van der Waals surface area (Å²) >= 11 is 0. The van der Waals surface area contributed by atoms with Crippen LogP contribution in [0.5, 0.6) is 5.75 Å². The van der Waals surface area contributed by atoms with Crippen LogP contribution >= 0.6 is 0 Å². The molecule has 0 aliphatic carbocycles. The predicted molar refractivity (Wildman–Crippen MR) is 71.7 cm³/mol. The van der Waals surface area contributed by atoms with Crippen LogP contribution in [-0.4, -0.2) is 12.5 Å². The van der Waals surface area contributed by atoms with E-state index in [1.54, 1.807) is 24.3 Å². The second kappa shape index (κ2) is 6.00.